The van der Waals surface area contributed by atoms with Gasteiger partial charge in [-0.1, -0.05) is 6.07 Å². The summed E-state index contributed by atoms with van der Waals surface area (Å²) in [5, 5.41) is 18.1. The molecule has 9 heteroatoms. The highest BCUT2D eigenvalue weighted by atomic mass is 19.1. The number of rotatable bonds is 4. The molecule has 0 bridgehead atoms. The molecule has 0 atom stereocenters. The number of methoxy groups -OCH3 is 1. The molecule has 1 aliphatic rings. The SMILES string of the molecule is COC(=O)c1n[nH]c(=O)c(-c2ccc(C#N)c(F)c2)c1OC1CCNCC1. The Balaban J connectivity index is 2.16. The molecule has 0 spiro atoms. The number of nitriles is 1. The number of hydrogen-bond donors (Lipinski definition) is 2. The molecule has 2 N–H and O–H groups in total. The number of esters is 1. The van der Waals surface area contributed by atoms with E-state index in [4.69, 9.17) is 14.7 Å². The van der Waals surface area contributed by atoms with Crippen LogP contribution in [0.1, 0.15) is 28.9 Å². The zero-order valence-electron chi connectivity index (χ0n) is 14.5. The van der Waals surface area contributed by atoms with E-state index in [0.717, 1.165) is 19.2 Å². The van der Waals surface area contributed by atoms with Crippen LogP contribution in [-0.4, -0.2) is 42.5 Å². The minimum Gasteiger partial charge on any atom is -0.487 e. The van der Waals surface area contributed by atoms with E-state index < -0.39 is 17.3 Å². The number of nitrogens with one attached hydrogen (secondary N) is 2. The lowest BCUT2D eigenvalue weighted by molar-refractivity contribution is 0.0581. The molecule has 0 radical (unpaired) electrons. The molecule has 1 aromatic heterocycles. The first-order valence-electron chi connectivity index (χ1n) is 8.33. The number of benzene rings is 1. The molecule has 140 valence electrons. The van der Waals surface area contributed by atoms with Gasteiger partial charge in [0.25, 0.3) is 5.56 Å². The van der Waals surface area contributed by atoms with Gasteiger partial charge < -0.3 is 14.8 Å². The van der Waals surface area contributed by atoms with E-state index in [9.17, 15) is 14.0 Å². The van der Waals surface area contributed by atoms with E-state index in [1.807, 2.05) is 0 Å². The van der Waals surface area contributed by atoms with Crippen LogP contribution in [-0.2, 0) is 4.74 Å². The van der Waals surface area contributed by atoms with Crippen LogP contribution in [0, 0.1) is 17.1 Å². The molecule has 1 fully saturated rings. The Hall–Kier alpha value is -3.25. The normalized spacial score (nSPS) is 14.4. The third-order valence-corrected chi connectivity index (χ3v) is 4.27. The van der Waals surface area contributed by atoms with Gasteiger partial charge in [-0.05, 0) is 43.6 Å². The van der Waals surface area contributed by atoms with Gasteiger partial charge in [-0.2, -0.15) is 10.4 Å². The fourth-order valence-corrected chi connectivity index (χ4v) is 2.89. The highest BCUT2D eigenvalue weighted by Crippen LogP contribution is 2.32. The van der Waals surface area contributed by atoms with Crippen molar-refractivity contribution < 1.29 is 18.7 Å². The summed E-state index contributed by atoms with van der Waals surface area (Å²) in [6.07, 6.45) is 1.11. The molecule has 27 heavy (non-hydrogen) atoms. The van der Waals surface area contributed by atoms with E-state index >= 15 is 0 Å². The van der Waals surface area contributed by atoms with Crippen molar-refractivity contribution in [2.75, 3.05) is 20.2 Å². The molecule has 1 saturated heterocycles. The second-order valence-electron chi connectivity index (χ2n) is 5.97. The van der Waals surface area contributed by atoms with Crippen LogP contribution >= 0.6 is 0 Å². The summed E-state index contributed by atoms with van der Waals surface area (Å²) in [4.78, 5) is 24.6. The van der Waals surface area contributed by atoms with Crippen molar-refractivity contribution in [3.05, 3.63) is 45.6 Å². The van der Waals surface area contributed by atoms with Gasteiger partial charge in [0.15, 0.2) is 5.75 Å². The molecule has 0 amide bonds. The summed E-state index contributed by atoms with van der Waals surface area (Å²) in [5.41, 5.74) is -0.860. The van der Waals surface area contributed by atoms with Crippen molar-refractivity contribution >= 4 is 5.97 Å². The number of carbonyl (C=O) groups is 1. The number of H-pyrrole nitrogens is 1. The van der Waals surface area contributed by atoms with E-state index in [0.29, 0.717) is 12.8 Å². The van der Waals surface area contributed by atoms with E-state index in [1.54, 1.807) is 6.07 Å². The average molecular weight is 372 g/mol. The van der Waals surface area contributed by atoms with Gasteiger partial charge in [-0.25, -0.2) is 14.3 Å². The first-order chi connectivity index (χ1) is 13.0. The van der Waals surface area contributed by atoms with Crippen molar-refractivity contribution in [2.24, 2.45) is 0 Å². The van der Waals surface area contributed by atoms with Crippen molar-refractivity contribution in [2.45, 2.75) is 18.9 Å². The van der Waals surface area contributed by atoms with Crippen LogP contribution in [0.3, 0.4) is 0 Å². The standard InChI is InChI=1S/C18H17FN4O4/c1-26-18(25)15-16(27-12-4-6-21-7-5-12)14(17(24)23-22-15)10-2-3-11(9-20)13(19)8-10/h2-3,8,12,21H,4-7H2,1H3,(H,23,24). The lowest BCUT2D eigenvalue weighted by atomic mass is 10.0. The number of ether oxygens (including phenoxy) is 2. The van der Waals surface area contributed by atoms with Crippen molar-refractivity contribution in [3.63, 3.8) is 0 Å². The van der Waals surface area contributed by atoms with Crippen molar-refractivity contribution in [1.29, 1.82) is 5.26 Å². The van der Waals surface area contributed by atoms with Gasteiger partial charge in [-0.3, -0.25) is 4.79 Å². The number of carbonyl (C=O) groups excluding carboxylic acids is 1. The average Bonchev–Trinajstić information content (AvgIpc) is 2.68. The van der Waals surface area contributed by atoms with Gasteiger partial charge in [0.1, 0.15) is 18.0 Å². The lowest BCUT2D eigenvalue weighted by Crippen LogP contribution is -2.35. The van der Waals surface area contributed by atoms with Crippen LogP contribution in [0.4, 0.5) is 4.39 Å². The first-order valence-corrected chi connectivity index (χ1v) is 8.33. The summed E-state index contributed by atoms with van der Waals surface area (Å²) in [5.74, 6) is -1.62. The maximum atomic E-state index is 14.1. The Bertz CT molecular complexity index is 961. The second-order valence-corrected chi connectivity index (χ2v) is 5.97. The highest BCUT2D eigenvalue weighted by Gasteiger charge is 2.27. The lowest BCUT2D eigenvalue weighted by Gasteiger charge is -2.25. The van der Waals surface area contributed by atoms with Crippen molar-refractivity contribution in [1.82, 2.24) is 15.5 Å². The monoisotopic (exact) mass is 372 g/mol. The van der Waals surface area contributed by atoms with Gasteiger partial charge >= 0.3 is 5.97 Å². The Morgan fingerprint density at radius 3 is 2.74 bits per heavy atom. The van der Waals surface area contributed by atoms with Gasteiger partial charge in [0.05, 0.1) is 18.2 Å². The summed E-state index contributed by atoms with van der Waals surface area (Å²) >= 11 is 0. The fraction of sp³-hybridized carbons (Fsp3) is 0.333. The molecule has 0 unspecified atom stereocenters. The van der Waals surface area contributed by atoms with E-state index in [2.05, 4.69) is 15.5 Å². The Kier molecular flexibility index (Phi) is 5.47. The highest BCUT2D eigenvalue weighted by molar-refractivity contribution is 5.93. The minimum atomic E-state index is -0.787. The van der Waals surface area contributed by atoms with E-state index in [1.165, 1.54) is 19.2 Å². The third-order valence-electron chi connectivity index (χ3n) is 4.27. The molecule has 0 aliphatic carbocycles. The Morgan fingerprint density at radius 2 is 2.11 bits per heavy atom. The molecule has 3 rings (SSSR count). The molecule has 1 aliphatic heterocycles. The molecule has 2 heterocycles. The zero-order valence-corrected chi connectivity index (χ0v) is 14.5. The van der Waals surface area contributed by atoms with Crippen molar-refractivity contribution in [3.8, 4) is 22.9 Å². The number of aromatic nitrogens is 2. The predicted molar refractivity (Wildman–Crippen MR) is 92.8 cm³/mol. The largest absolute Gasteiger partial charge is 0.487 e. The van der Waals surface area contributed by atoms with E-state index in [-0.39, 0.29) is 34.2 Å². The number of halogens is 1. The number of nitrogens with zero attached hydrogens (tertiary/aromatic N) is 2. The molecule has 2 aromatic rings. The first kappa shape index (κ1) is 18.5. The van der Waals surface area contributed by atoms with Crippen LogP contribution in [0.2, 0.25) is 0 Å². The summed E-state index contributed by atoms with van der Waals surface area (Å²) in [6, 6.07) is 5.46. The Morgan fingerprint density at radius 1 is 1.37 bits per heavy atom. The second kappa shape index (κ2) is 7.97. The zero-order chi connectivity index (χ0) is 19.4. The molecule has 1 aromatic carbocycles. The van der Waals surface area contributed by atoms with Gasteiger partial charge in [0.2, 0.25) is 5.69 Å². The number of hydrogen-bond acceptors (Lipinski definition) is 7. The predicted octanol–water partition coefficient (Wildman–Crippen LogP) is 1.37. The maximum Gasteiger partial charge on any atom is 0.362 e. The number of aromatic amines is 1. The van der Waals surface area contributed by atoms with Crippen LogP contribution in [0.15, 0.2) is 23.0 Å². The summed E-state index contributed by atoms with van der Waals surface area (Å²) in [7, 11) is 1.19. The molecular weight excluding hydrogens is 355 g/mol. The van der Waals surface area contributed by atoms with Crippen LogP contribution in [0.5, 0.6) is 5.75 Å². The topological polar surface area (TPSA) is 117 Å². The molecule has 0 saturated carbocycles. The summed E-state index contributed by atoms with van der Waals surface area (Å²) in [6.45, 7) is 1.46. The minimum absolute atomic E-state index is 0.0349. The van der Waals surface area contributed by atoms with Crippen LogP contribution in [0.25, 0.3) is 11.1 Å². The Labute approximate surface area is 153 Å². The van der Waals surface area contributed by atoms with Gasteiger partial charge in [0, 0.05) is 0 Å². The van der Waals surface area contributed by atoms with Crippen LogP contribution < -0.4 is 15.6 Å². The summed E-state index contributed by atoms with van der Waals surface area (Å²) < 4.78 is 24.8. The maximum absolute atomic E-state index is 14.1. The fourth-order valence-electron chi connectivity index (χ4n) is 2.89. The quantitative estimate of drug-likeness (QED) is 0.778. The third kappa shape index (κ3) is 3.80. The number of piperidine rings is 1. The van der Waals surface area contributed by atoms with Gasteiger partial charge in [-0.15, -0.1) is 0 Å². The smallest absolute Gasteiger partial charge is 0.362 e. The molecule has 8 nitrogen and oxygen atoms in total. The molecular formula is C18H17FN4O4.